The first-order chi connectivity index (χ1) is 20.8. The number of furan rings is 1. The van der Waals surface area contributed by atoms with Gasteiger partial charge in [0.1, 0.15) is 11.2 Å². The summed E-state index contributed by atoms with van der Waals surface area (Å²) in [5, 5.41) is 12.1. The first-order valence-electron chi connectivity index (χ1n) is 14.4. The first kappa shape index (κ1) is 23.1. The smallest absolute Gasteiger partial charge is 0.143 e. The Morgan fingerprint density at radius 1 is 0.381 bits per heavy atom. The summed E-state index contributed by atoms with van der Waals surface area (Å²) in [6, 6.07) is 54.4. The topological polar surface area (TPSA) is 16.4 Å². The minimum Gasteiger partial charge on any atom is -0.455 e. The lowest BCUT2D eigenvalue weighted by atomic mass is 9.95. The Bertz CT molecular complexity index is 2470. The summed E-state index contributed by atoms with van der Waals surface area (Å²) in [6.45, 7) is 0. The van der Waals surface area contributed by atoms with Gasteiger partial charge in [-0.15, -0.1) is 0 Å². The molecule has 2 nitrogen and oxygen atoms in total. The molecule has 0 aliphatic rings. The molecule has 0 aliphatic carbocycles. The van der Waals surface area contributed by atoms with Crippen molar-refractivity contribution in [1.29, 1.82) is 0 Å². The molecule has 42 heavy (non-hydrogen) atoms. The number of hydrogen-bond acceptors (Lipinski definition) is 2. The van der Waals surface area contributed by atoms with Crippen LogP contribution < -0.4 is 4.90 Å². The van der Waals surface area contributed by atoms with Crippen LogP contribution in [0.2, 0.25) is 0 Å². The van der Waals surface area contributed by atoms with Crippen LogP contribution in [0.5, 0.6) is 0 Å². The SMILES string of the molecule is c1ccc(N(c2ccc3c(ccc4ccc5c(ccc6c7ccccc7oc65)c43)c2)c2cccc3ccccc23)cc1. The van der Waals surface area contributed by atoms with Gasteiger partial charge in [-0.1, -0.05) is 103 Å². The molecule has 0 N–H and O–H groups in total. The Morgan fingerprint density at radius 3 is 1.98 bits per heavy atom. The van der Waals surface area contributed by atoms with Crippen LogP contribution in [0.1, 0.15) is 0 Å². The second kappa shape index (κ2) is 8.95. The molecule has 0 aliphatic heterocycles. The molecule has 9 rings (SSSR count). The number of rotatable bonds is 3. The van der Waals surface area contributed by atoms with Crippen LogP contribution in [0.25, 0.3) is 65.0 Å². The Balaban J connectivity index is 1.30. The van der Waals surface area contributed by atoms with Gasteiger partial charge in [-0.25, -0.2) is 0 Å². The molecule has 2 heteroatoms. The molecular formula is C40H25NO. The van der Waals surface area contributed by atoms with Gasteiger partial charge in [-0.05, 0) is 80.8 Å². The summed E-state index contributed by atoms with van der Waals surface area (Å²) in [4.78, 5) is 2.37. The molecule has 0 saturated carbocycles. The highest BCUT2D eigenvalue weighted by Gasteiger charge is 2.17. The van der Waals surface area contributed by atoms with Gasteiger partial charge in [0.15, 0.2) is 0 Å². The van der Waals surface area contributed by atoms with Crippen molar-refractivity contribution in [3.63, 3.8) is 0 Å². The minimum atomic E-state index is 0.928. The molecular weight excluding hydrogens is 510 g/mol. The quantitative estimate of drug-likeness (QED) is 0.209. The molecule has 0 amide bonds. The number of benzene rings is 8. The highest BCUT2D eigenvalue weighted by molar-refractivity contribution is 6.26. The lowest BCUT2D eigenvalue weighted by Gasteiger charge is -2.27. The molecule has 0 fully saturated rings. The van der Waals surface area contributed by atoms with E-state index in [2.05, 4.69) is 144 Å². The largest absolute Gasteiger partial charge is 0.455 e. The second-order valence-corrected chi connectivity index (χ2v) is 10.9. The van der Waals surface area contributed by atoms with E-state index in [9.17, 15) is 0 Å². The predicted molar refractivity (Wildman–Crippen MR) is 178 cm³/mol. The van der Waals surface area contributed by atoms with Gasteiger partial charge in [0.25, 0.3) is 0 Å². The average molecular weight is 536 g/mol. The van der Waals surface area contributed by atoms with Gasteiger partial charge < -0.3 is 9.32 Å². The third kappa shape index (κ3) is 3.39. The van der Waals surface area contributed by atoms with Crippen LogP contribution in [0.15, 0.2) is 156 Å². The molecule has 0 bridgehead atoms. The molecule has 0 radical (unpaired) electrons. The van der Waals surface area contributed by atoms with Crippen molar-refractivity contribution in [2.45, 2.75) is 0 Å². The Kier molecular flexibility index (Phi) is 4.93. The maximum absolute atomic E-state index is 6.40. The van der Waals surface area contributed by atoms with Crippen molar-refractivity contribution in [2.75, 3.05) is 4.90 Å². The fourth-order valence-electron chi connectivity index (χ4n) is 6.69. The Hall–Kier alpha value is -5.60. The normalized spacial score (nSPS) is 11.8. The summed E-state index contributed by atoms with van der Waals surface area (Å²) in [5.74, 6) is 0. The fraction of sp³-hybridized carbons (Fsp3) is 0. The first-order valence-corrected chi connectivity index (χ1v) is 14.4. The summed E-state index contributed by atoms with van der Waals surface area (Å²) in [5.41, 5.74) is 5.31. The van der Waals surface area contributed by atoms with Gasteiger partial charge in [0, 0.05) is 32.9 Å². The van der Waals surface area contributed by atoms with Crippen LogP contribution >= 0.6 is 0 Å². The van der Waals surface area contributed by atoms with Gasteiger partial charge in [-0.2, -0.15) is 0 Å². The van der Waals surface area contributed by atoms with E-state index in [1.807, 2.05) is 12.1 Å². The second-order valence-electron chi connectivity index (χ2n) is 10.9. The molecule has 0 atom stereocenters. The van der Waals surface area contributed by atoms with E-state index in [1.54, 1.807) is 0 Å². The molecule has 196 valence electrons. The van der Waals surface area contributed by atoms with Crippen LogP contribution in [-0.2, 0) is 0 Å². The summed E-state index contributed by atoms with van der Waals surface area (Å²) < 4.78 is 6.40. The molecule has 0 unspecified atom stereocenters. The number of anilines is 3. The van der Waals surface area contributed by atoms with E-state index in [4.69, 9.17) is 4.42 Å². The maximum Gasteiger partial charge on any atom is 0.143 e. The fourth-order valence-corrected chi connectivity index (χ4v) is 6.69. The van der Waals surface area contributed by atoms with Crippen molar-refractivity contribution in [2.24, 2.45) is 0 Å². The van der Waals surface area contributed by atoms with Gasteiger partial charge in [0.2, 0.25) is 0 Å². The minimum absolute atomic E-state index is 0.928. The number of fused-ring (bicyclic) bond motifs is 10. The van der Waals surface area contributed by atoms with Crippen molar-refractivity contribution in [3.8, 4) is 0 Å². The van der Waals surface area contributed by atoms with Crippen molar-refractivity contribution in [1.82, 2.24) is 0 Å². The van der Waals surface area contributed by atoms with Crippen molar-refractivity contribution >= 4 is 82.1 Å². The molecule has 0 spiro atoms. The summed E-state index contributed by atoms with van der Waals surface area (Å²) in [7, 11) is 0. The molecule has 8 aromatic carbocycles. The third-order valence-electron chi connectivity index (χ3n) is 8.60. The van der Waals surface area contributed by atoms with E-state index < -0.39 is 0 Å². The molecule has 1 heterocycles. The van der Waals surface area contributed by atoms with Crippen molar-refractivity contribution in [3.05, 3.63) is 152 Å². The lowest BCUT2D eigenvalue weighted by molar-refractivity contribution is 0.672. The summed E-state index contributed by atoms with van der Waals surface area (Å²) >= 11 is 0. The van der Waals surface area contributed by atoms with E-state index in [0.717, 1.165) is 44.4 Å². The van der Waals surface area contributed by atoms with Gasteiger partial charge in [-0.3, -0.25) is 0 Å². The Labute approximate surface area is 242 Å². The zero-order chi connectivity index (χ0) is 27.6. The van der Waals surface area contributed by atoms with E-state index in [0.29, 0.717) is 0 Å². The van der Waals surface area contributed by atoms with E-state index in [-0.39, 0.29) is 0 Å². The lowest BCUT2D eigenvalue weighted by Crippen LogP contribution is -2.10. The zero-order valence-electron chi connectivity index (χ0n) is 22.8. The number of nitrogens with zero attached hydrogens (tertiary/aromatic N) is 1. The monoisotopic (exact) mass is 535 g/mol. The third-order valence-corrected chi connectivity index (χ3v) is 8.60. The molecule has 9 aromatic rings. The predicted octanol–water partition coefficient (Wildman–Crippen LogP) is 11.7. The Morgan fingerprint density at radius 2 is 1.05 bits per heavy atom. The number of hydrogen-bond donors (Lipinski definition) is 0. The zero-order valence-corrected chi connectivity index (χ0v) is 22.8. The van der Waals surface area contributed by atoms with E-state index in [1.165, 1.54) is 37.7 Å². The standard InChI is InChI=1S/C40H25NO/c1-2-11-29(12-3-1)41(37-15-8-10-26-9-4-5-13-31(26)37)30-20-22-32-28(25-30)18-17-27-19-21-36-34(39(27)32)23-24-35-33-14-6-7-16-38(33)42-40(35)36/h1-25H. The van der Waals surface area contributed by atoms with Crippen LogP contribution in [0.3, 0.4) is 0 Å². The van der Waals surface area contributed by atoms with Crippen molar-refractivity contribution < 1.29 is 4.42 Å². The number of para-hydroxylation sites is 2. The summed E-state index contributed by atoms with van der Waals surface area (Å²) in [6.07, 6.45) is 0. The average Bonchev–Trinajstić information content (AvgIpc) is 3.44. The highest BCUT2D eigenvalue weighted by Crippen LogP contribution is 2.42. The van der Waals surface area contributed by atoms with Gasteiger partial charge in [0.05, 0.1) is 5.69 Å². The van der Waals surface area contributed by atoms with E-state index >= 15 is 0 Å². The van der Waals surface area contributed by atoms with Crippen LogP contribution in [0, 0.1) is 0 Å². The van der Waals surface area contributed by atoms with Crippen LogP contribution in [0.4, 0.5) is 17.1 Å². The highest BCUT2D eigenvalue weighted by atomic mass is 16.3. The van der Waals surface area contributed by atoms with Gasteiger partial charge >= 0.3 is 0 Å². The molecule has 0 saturated heterocycles. The van der Waals surface area contributed by atoms with Crippen LogP contribution in [-0.4, -0.2) is 0 Å². The molecule has 1 aromatic heterocycles. The maximum atomic E-state index is 6.40.